The molecular weight excluding hydrogens is 695 g/mol. The Morgan fingerprint density at radius 3 is 1.41 bits per heavy atom. The maximum Gasteiger partial charge on any atom is 0.305 e. The number of aliphatic hydroxyl groups is 2. The highest BCUT2D eigenvalue weighted by Crippen LogP contribution is 2.15. The van der Waals surface area contributed by atoms with Crippen LogP contribution < -0.4 is 5.32 Å². The summed E-state index contributed by atoms with van der Waals surface area (Å²) in [5.74, 6) is -0.129. The van der Waals surface area contributed by atoms with E-state index in [4.69, 9.17) is 4.74 Å². The van der Waals surface area contributed by atoms with E-state index in [-0.39, 0.29) is 18.5 Å². The normalized spacial score (nSPS) is 13.0. The second-order valence-corrected chi connectivity index (χ2v) is 16.4. The molecule has 0 aliphatic heterocycles. The number of amides is 1. The van der Waals surface area contributed by atoms with E-state index in [9.17, 15) is 19.8 Å². The third-order valence-corrected chi connectivity index (χ3v) is 10.9. The molecule has 1 amide bonds. The fourth-order valence-corrected chi connectivity index (χ4v) is 7.12. The second-order valence-electron chi connectivity index (χ2n) is 16.4. The zero-order valence-corrected chi connectivity index (χ0v) is 37.1. The number of carbonyl (C=O) groups excluding carboxylic acids is 2. The molecule has 0 radical (unpaired) electrons. The molecule has 0 aromatic rings. The highest BCUT2D eigenvalue weighted by molar-refractivity contribution is 5.76. The number of nitrogens with one attached hydrogen (secondary N) is 1. The van der Waals surface area contributed by atoms with Crippen LogP contribution in [-0.2, 0) is 14.3 Å². The van der Waals surface area contributed by atoms with Gasteiger partial charge in [-0.05, 0) is 57.8 Å². The predicted molar refractivity (Wildman–Crippen MR) is 241 cm³/mol. The van der Waals surface area contributed by atoms with Crippen LogP contribution in [-0.4, -0.2) is 47.4 Å². The molecule has 56 heavy (non-hydrogen) atoms. The van der Waals surface area contributed by atoms with Crippen molar-refractivity contribution >= 4 is 11.9 Å². The van der Waals surface area contributed by atoms with E-state index >= 15 is 0 Å². The van der Waals surface area contributed by atoms with Gasteiger partial charge in [0, 0.05) is 12.8 Å². The lowest BCUT2D eigenvalue weighted by Gasteiger charge is -2.20. The van der Waals surface area contributed by atoms with Crippen molar-refractivity contribution in [3.63, 3.8) is 0 Å². The Hall–Kier alpha value is -1.92. The lowest BCUT2D eigenvalue weighted by molar-refractivity contribution is -0.143. The third-order valence-electron chi connectivity index (χ3n) is 10.9. The molecule has 0 saturated heterocycles. The van der Waals surface area contributed by atoms with Crippen molar-refractivity contribution < 1.29 is 24.5 Å². The number of carbonyl (C=O) groups is 2. The maximum atomic E-state index is 12.4. The van der Waals surface area contributed by atoms with Crippen LogP contribution >= 0.6 is 0 Å². The highest BCUT2D eigenvalue weighted by atomic mass is 16.5. The quantitative estimate of drug-likeness (QED) is 0.0325. The summed E-state index contributed by atoms with van der Waals surface area (Å²) in [5, 5.41) is 23.0. The molecule has 0 aliphatic rings. The molecule has 0 spiro atoms. The van der Waals surface area contributed by atoms with Gasteiger partial charge in [0.2, 0.25) is 5.91 Å². The van der Waals surface area contributed by atoms with Gasteiger partial charge in [-0.3, -0.25) is 9.59 Å². The standard InChI is InChI=1S/C50H93NO5/c1-3-5-7-9-11-13-15-17-19-20-22-26-30-34-38-42-48(53)47(46-52)51-49(54)43-39-35-31-27-24-25-29-33-37-41-45-56-50(55)44-40-36-32-28-23-21-18-16-14-12-10-8-6-4-2/h10,12,16,18,38,42,47-48,52-53H,3-9,11,13-15,17,19-37,39-41,43-46H2,1-2H3,(H,51,54)/b12-10-,18-16-,42-38+. The zero-order chi connectivity index (χ0) is 40.8. The summed E-state index contributed by atoms with van der Waals surface area (Å²) >= 11 is 0. The van der Waals surface area contributed by atoms with Crippen LogP contribution in [0.25, 0.3) is 0 Å². The minimum Gasteiger partial charge on any atom is -0.466 e. The molecule has 0 fully saturated rings. The minimum atomic E-state index is -0.859. The Labute approximate surface area is 347 Å². The Morgan fingerprint density at radius 2 is 0.911 bits per heavy atom. The fraction of sp³-hybridized carbons (Fsp3) is 0.840. The molecule has 0 aliphatic carbocycles. The summed E-state index contributed by atoms with van der Waals surface area (Å²) in [6, 6.07) is -0.645. The number of hydrogen-bond acceptors (Lipinski definition) is 5. The summed E-state index contributed by atoms with van der Waals surface area (Å²) < 4.78 is 5.44. The largest absolute Gasteiger partial charge is 0.466 e. The molecule has 328 valence electrons. The molecule has 0 aromatic carbocycles. The first-order valence-corrected chi connectivity index (χ1v) is 24.3. The van der Waals surface area contributed by atoms with Crippen molar-refractivity contribution in [2.45, 2.75) is 257 Å². The van der Waals surface area contributed by atoms with Crippen molar-refractivity contribution in [1.82, 2.24) is 5.32 Å². The van der Waals surface area contributed by atoms with Gasteiger partial charge in [-0.15, -0.1) is 0 Å². The number of aliphatic hydroxyl groups excluding tert-OH is 2. The molecule has 0 saturated carbocycles. The average Bonchev–Trinajstić information content (AvgIpc) is 3.20. The zero-order valence-electron chi connectivity index (χ0n) is 37.1. The molecule has 0 heterocycles. The first kappa shape index (κ1) is 54.1. The van der Waals surface area contributed by atoms with Crippen molar-refractivity contribution in [3.05, 3.63) is 36.5 Å². The van der Waals surface area contributed by atoms with E-state index in [0.717, 1.165) is 70.6 Å². The van der Waals surface area contributed by atoms with Crippen LogP contribution in [0, 0.1) is 0 Å². The van der Waals surface area contributed by atoms with Crippen molar-refractivity contribution in [3.8, 4) is 0 Å². The molecule has 0 rings (SSSR count). The molecule has 6 nitrogen and oxygen atoms in total. The molecule has 0 bridgehead atoms. The van der Waals surface area contributed by atoms with Crippen LogP contribution in [0.1, 0.15) is 245 Å². The van der Waals surface area contributed by atoms with Gasteiger partial charge in [-0.25, -0.2) is 0 Å². The predicted octanol–water partition coefficient (Wildman–Crippen LogP) is 14.1. The van der Waals surface area contributed by atoms with Crippen molar-refractivity contribution in [2.75, 3.05) is 13.2 Å². The fourth-order valence-electron chi connectivity index (χ4n) is 7.12. The van der Waals surface area contributed by atoms with Crippen LogP contribution in [0.2, 0.25) is 0 Å². The van der Waals surface area contributed by atoms with Gasteiger partial charge >= 0.3 is 5.97 Å². The van der Waals surface area contributed by atoms with Gasteiger partial charge in [0.1, 0.15) is 0 Å². The number of rotatable bonds is 44. The van der Waals surface area contributed by atoms with E-state index in [1.165, 1.54) is 148 Å². The Kier molecular flexibility index (Phi) is 44.2. The Bertz CT molecular complexity index is 915. The Balaban J connectivity index is 3.54. The van der Waals surface area contributed by atoms with E-state index in [1.807, 2.05) is 6.08 Å². The summed E-state index contributed by atoms with van der Waals surface area (Å²) in [6.45, 7) is 4.79. The van der Waals surface area contributed by atoms with Crippen LogP contribution in [0.5, 0.6) is 0 Å². The monoisotopic (exact) mass is 788 g/mol. The molecular formula is C50H93NO5. The Morgan fingerprint density at radius 1 is 0.500 bits per heavy atom. The van der Waals surface area contributed by atoms with Crippen LogP contribution in [0.4, 0.5) is 0 Å². The number of unbranched alkanes of at least 4 members (excludes halogenated alkanes) is 29. The summed E-state index contributed by atoms with van der Waals surface area (Å²) in [5.41, 5.74) is 0. The smallest absolute Gasteiger partial charge is 0.305 e. The van der Waals surface area contributed by atoms with E-state index < -0.39 is 12.1 Å². The molecule has 2 atom stereocenters. The first-order valence-electron chi connectivity index (χ1n) is 24.3. The number of allylic oxidation sites excluding steroid dienone is 5. The van der Waals surface area contributed by atoms with E-state index in [1.54, 1.807) is 6.08 Å². The molecule has 2 unspecified atom stereocenters. The van der Waals surface area contributed by atoms with Gasteiger partial charge < -0.3 is 20.3 Å². The topological polar surface area (TPSA) is 95.9 Å². The van der Waals surface area contributed by atoms with E-state index in [0.29, 0.717) is 19.4 Å². The summed E-state index contributed by atoms with van der Waals surface area (Å²) in [7, 11) is 0. The minimum absolute atomic E-state index is 0.0362. The van der Waals surface area contributed by atoms with Gasteiger partial charge in [0.05, 0.1) is 25.4 Å². The highest BCUT2D eigenvalue weighted by Gasteiger charge is 2.18. The lowest BCUT2D eigenvalue weighted by atomic mass is 10.0. The van der Waals surface area contributed by atoms with Crippen LogP contribution in [0.15, 0.2) is 36.5 Å². The van der Waals surface area contributed by atoms with Crippen molar-refractivity contribution in [2.24, 2.45) is 0 Å². The summed E-state index contributed by atoms with van der Waals surface area (Å²) in [6.07, 6.45) is 54.1. The number of esters is 1. The van der Waals surface area contributed by atoms with Crippen LogP contribution in [0.3, 0.4) is 0 Å². The lowest BCUT2D eigenvalue weighted by Crippen LogP contribution is -2.45. The SMILES string of the molecule is CCCC/C=C\C/C=C\CCCCCCCC(=O)OCCCCCCCCCCCCC(=O)NC(CO)C(O)/C=C/CCCCCCCCCCCCCCC. The molecule has 3 N–H and O–H groups in total. The van der Waals surface area contributed by atoms with Crippen molar-refractivity contribution in [1.29, 1.82) is 0 Å². The van der Waals surface area contributed by atoms with E-state index in [2.05, 4.69) is 43.5 Å². The van der Waals surface area contributed by atoms with Gasteiger partial charge in [-0.1, -0.05) is 211 Å². The van der Waals surface area contributed by atoms with Gasteiger partial charge in [0.15, 0.2) is 0 Å². The summed E-state index contributed by atoms with van der Waals surface area (Å²) in [4.78, 5) is 24.4. The second kappa shape index (κ2) is 45.8. The number of ether oxygens (including phenoxy) is 1. The molecule has 0 aromatic heterocycles. The maximum absolute atomic E-state index is 12.4. The molecule has 6 heteroatoms. The van der Waals surface area contributed by atoms with Gasteiger partial charge in [0.25, 0.3) is 0 Å². The first-order chi connectivity index (χ1) is 27.5. The van der Waals surface area contributed by atoms with Gasteiger partial charge in [-0.2, -0.15) is 0 Å². The average molecular weight is 788 g/mol. The third kappa shape index (κ3) is 41.7. The number of hydrogen-bond donors (Lipinski definition) is 3.